The molecule has 2 nitrogen and oxygen atoms in total. The highest BCUT2D eigenvalue weighted by Gasteiger charge is 2.44. The van der Waals surface area contributed by atoms with Gasteiger partial charge in [-0.1, -0.05) is 206 Å². The zero-order chi connectivity index (χ0) is 43.3. The van der Waals surface area contributed by atoms with Crippen molar-refractivity contribution < 1.29 is 4.74 Å². The van der Waals surface area contributed by atoms with Crippen LogP contribution in [0.4, 0.5) is 17.1 Å². The van der Waals surface area contributed by atoms with Crippen LogP contribution >= 0.6 is 0 Å². The van der Waals surface area contributed by atoms with Gasteiger partial charge < -0.3 is 9.64 Å². The first-order chi connectivity index (χ1) is 32.1. The first-order valence-electron chi connectivity index (χ1n) is 22.5. The Balaban J connectivity index is 0.993. The van der Waals surface area contributed by atoms with Crippen molar-refractivity contribution in [3.8, 4) is 50.3 Å². The van der Waals surface area contributed by atoms with Gasteiger partial charge in [-0.3, -0.25) is 0 Å². The molecule has 0 spiro atoms. The van der Waals surface area contributed by atoms with Gasteiger partial charge in [-0.05, 0) is 115 Å². The van der Waals surface area contributed by atoms with Gasteiger partial charge >= 0.3 is 0 Å². The van der Waals surface area contributed by atoms with Crippen molar-refractivity contribution in [2.24, 2.45) is 0 Å². The SMILES string of the molecule is CC12C=C(c3ccccc3N(c3ccc(-c4ccc(-c5cccc6ccccc56)cc4)cc3)c3ccccc3-c3ccccc3-c3ccc4ccccc4c3)C=CC1Oc1ccccc12. The van der Waals surface area contributed by atoms with Gasteiger partial charge in [0.05, 0.1) is 16.8 Å². The van der Waals surface area contributed by atoms with Crippen molar-refractivity contribution in [2.75, 3.05) is 4.90 Å². The van der Waals surface area contributed by atoms with Gasteiger partial charge in [0.2, 0.25) is 0 Å². The highest BCUT2D eigenvalue weighted by atomic mass is 16.5. The number of nitrogens with zero attached hydrogens (tertiary/aromatic N) is 1. The molecule has 1 heterocycles. The predicted octanol–water partition coefficient (Wildman–Crippen LogP) is 16.8. The number of para-hydroxylation sites is 3. The van der Waals surface area contributed by atoms with Crippen LogP contribution in [0.2, 0.25) is 0 Å². The molecule has 1 aliphatic heterocycles. The number of rotatable bonds is 8. The second-order valence-corrected chi connectivity index (χ2v) is 17.4. The molecule has 0 saturated carbocycles. The number of anilines is 3. The summed E-state index contributed by atoms with van der Waals surface area (Å²) in [6, 6.07) is 83.7. The molecule has 10 aromatic carbocycles. The lowest BCUT2D eigenvalue weighted by Gasteiger charge is -2.33. The Bertz CT molecular complexity index is 3480. The molecular weight excluding hydrogens is 787 g/mol. The number of hydrogen-bond acceptors (Lipinski definition) is 2. The molecule has 65 heavy (non-hydrogen) atoms. The minimum atomic E-state index is -0.305. The summed E-state index contributed by atoms with van der Waals surface area (Å²) in [5.74, 6) is 0.958. The Labute approximate surface area is 380 Å². The molecule has 2 aliphatic rings. The number of hydrogen-bond donors (Lipinski definition) is 0. The number of ether oxygens (including phenoxy) is 1. The van der Waals surface area contributed by atoms with Gasteiger partial charge in [0.25, 0.3) is 0 Å². The molecule has 1 aliphatic carbocycles. The monoisotopic (exact) mass is 831 g/mol. The topological polar surface area (TPSA) is 12.5 Å². The van der Waals surface area contributed by atoms with E-state index in [1.54, 1.807) is 0 Å². The standard InChI is InChI=1S/C63H45NO/c1-63-42-50(37-40-62(63)65-61-28-13-10-25-58(61)63)55-21-8-11-26-59(55)64(51-38-35-45(36-39-51)44-29-32-47(33-30-44)53-24-14-18-46-16-4-5-19-52(46)53)60-27-12-9-23-57(60)56-22-7-6-20-54(56)49-34-31-43-15-2-3-17-48(43)41-49/h2-42,62H,1H3. The third-order valence-electron chi connectivity index (χ3n) is 13.5. The molecule has 2 atom stereocenters. The fraction of sp³-hybridized carbons (Fsp3) is 0.0476. The summed E-state index contributed by atoms with van der Waals surface area (Å²) in [6.07, 6.45) is 6.85. The van der Waals surface area contributed by atoms with Crippen LogP contribution in [0, 0.1) is 0 Å². The predicted molar refractivity (Wildman–Crippen MR) is 273 cm³/mol. The maximum absolute atomic E-state index is 6.50. The Morgan fingerprint density at radius 1 is 0.415 bits per heavy atom. The molecule has 308 valence electrons. The molecule has 0 aromatic heterocycles. The van der Waals surface area contributed by atoms with Crippen LogP contribution in [0.1, 0.15) is 18.1 Å². The summed E-state index contributed by atoms with van der Waals surface area (Å²) in [5, 5.41) is 4.98. The van der Waals surface area contributed by atoms with Crippen LogP contribution in [0.25, 0.3) is 71.6 Å². The lowest BCUT2D eigenvalue weighted by atomic mass is 9.74. The Hall–Kier alpha value is -8.20. The van der Waals surface area contributed by atoms with Crippen molar-refractivity contribution in [1.29, 1.82) is 0 Å². The second-order valence-electron chi connectivity index (χ2n) is 17.4. The molecule has 2 unspecified atom stereocenters. The molecule has 0 N–H and O–H groups in total. The molecular formula is C63H45NO. The summed E-state index contributed by atoms with van der Waals surface area (Å²) in [5.41, 5.74) is 16.0. The maximum Gasteiger partial charge on any atom is 0.130 e. The van der Waals surface area contributed by atoms with Gasteiger partial charge in [0.1, 0.15) is 11.9 Å². The van der Waals surface area contributed by atoms with Gasteiger partial charge in [-0.2, -0.15) is 0 Å². The fourth-order valence-electron chi connectivity index (χ4n) is 10.2. The van der Waals surface area contributed by atoms with E-state index < -0.39 is 0 Å². The van der Waals surface area contributed by atoms with E-state index in [0.717, 1.165) is 39.5 Å². The van der Waals surface area contributed by atoms with Gasteiger partial charge in [0, 0.05) is 22.4 Å². The zero-order valence-corrected chi connectivity index (χ0v) is 36.1. The molecule has 10 aromatic rings. The van der Waals surface area contributed by atoms with E-state index in [9.17, 15) is 0 Å². The van der Waals surface area contributed by atoms with Crippen LogP contribution in [0.5, 0.6) is 5.75 Å². The van der Waals surface area contributed by atoms with Crippen LogP contribution in [-0.4, -0.2) is 6.10 Å². The van der Waals surface area contributed by atoms with E-state index in [0.29, 0.717) is 0 Å². The molecule has 0 radical (unpaired) electrons. The average molecular weight is 832 g/mol. The van der Waals surface area contributed by atoms with Gasteiger partial charge in [-0.15, -0.1) is 0 Å². The van der Waals surface area contributed by atoms with Crippen molar-refractivity contribution in [2.45, 2.75) is 18.4 Å². The third kappa shape index (κ3) is 6.74. The summed E-state index contributed by atoms with van der Waals surface area (Å²) in [6.45, 7) is 2.31. The van der Waals surface area contributed by atoms with E-state index >= 15 is 0 Å². The quantitative estimate of drug-likeness (QED) is 0.151. The van der Waals surface area contributed by atoms with Gasteiger partial charge in [0.15, 0.2) is 0 Å². The summed E-state index contributed by atoms with van der Waals surface area (Å²) in [4.78, 5) is 2.46. The molecule has 2 heteroatoms. The zero-order valence-electron chi connectivity index (χ0n) is 36.1. The molecule has 0 amide bonds. The highest BCUT2D eigenvalue weighted by molar-refractivity contribution is 5.99. The minimum absolute atomic E-state index is 0.0621. The number of allylic oxidation sites excluding steroid dienone is 2. The first kappa shape index (κ1) is 38.5. The summed E-state index contributed by atoms with van der Waals surface area (Å²) in [7, 11) is 0. The largest absolute Gasteiger partial charge is 0.485 e. The second kappa shape index (κ2) is 15.9. The molecule has 0 bridgehead atoms. The Kier molecular flexibility index (Phi) is 9.39. The van der Waals surface area contributed by atoms with E-state index in [-0.39, 0.29) is 11.5 Å². The highest BCUT2D eigenvalue weighted by Crippen LogP contribution is 2.51. The smallest absolute Gasteiger partial charge is 0.130 e. The Morgan fingerprint density at radius 2 is 0.969 bits per heavy atom. The van der Waals surface area contributed by atoms with Gasteiger partial charge in [-0.25, -0.2) is 0 Å². The summed E-state index contributed by atoms with van der Waals surface area (Å²) >= 11 is 0. The molecule has 0 fully saturated rings. The van der Waals surface area contributed by atoms with Crippen LogP contribution in [-0.2, 0) is 5.41 Å². The molecule has 12 rings (SSSR count). The third-order valence-corrected chi connectivity index (χ3v) is 13.5. The maximum atomic E-state index is 6.50. The summed E-state index contributed by atoms with van der Waals surface area (Å²) < 4.78 is 6.50. The first-order valence-corrected chi connectivity index (χ1v) is 22.5. The van der Waals surface area contributed by atoms with Crippen molar-refractivity contribution >= 4 is 44.2 Å². The van der Waals surface area contributed by atoms with E-state index in [2.05, 4.69) is 261 Å². The number of fused-ring (bicyclic) bond motifs is 5. The van der Waals surface area contributed by atoms with E-state index in [1.807, 2.05) is 0 Å². The lowest BCUT2D eigenvalue weighted by Crippen LogP contribution is -2.33. The van der Waals surface area contributed by atoms with E-state index in [1.165, 1.54) is 66.1 Å². The van der Waals surface area contributed by atoms with Crippen molar-refractivity contribution in [3.63, 3.8) is 0 Å². The van der Waals surface area contributed by atoms with Crippen LogP contribution < -0.4 is 9.64 Å². The minimum Gasteiger partial charge on any atom is -0.485 e. The van der Waals surface area contributed by atoms with Crippen LogP contribution in [0.15, 0.2) is 249 Å². The fourth-order valence-corrected chi connectivity index (χ4v) is 10.2. The number of benzene rings is 10. The van der Waals surface area contributed by atoms with Crippen molar-refractivity contribution in [3.05, 3.63) is 260 Å². The molecule has 0 saturated heterocycles. The lowest BCUT2D eigenvalue weighted by molar-refractivity contribution is 0.228. The van der Waals surface area contributed by atoms with E-state index in [4.69, 9.17) is 4.74 Å². The van der Waals surface area contributed by atoms with Crippen molar-refractivity contribution in [1.82, 2.24) is 0 Å². The Morgan fingerprint density at radius 3 is 1.77 bits per heavy atom. The average Bonchev–Trinajstić information content (AvgIpc) is 3.68. The normalized spacial score (nSPS) is 16.1. The van der Waals surface area contributed by atoms with Crippen LogP contribution in [0.3, 0.4) is 0 Å².